The zero-order valence-electron chi connectivity index (χ0n) is 30.4. The van der Waals surface area contributed by atoms with Crippen LogP contribution < -0.4 is 5.73 Å². The van der Waals surface area contributed by atoms with E-state index in [0.717, 1.165) is 10.5 Å². The SMILES string of the molecule is [2H]C([2H])([2H])N(C(=O)OC(C)(C)C)C1CCN(C([2H])([2H])c2ccc(-n3c(-c4cccnc4N)nc4ccc(-c5ccc(F)cc5)nc43)cc2)CC1. The number of benzene rings is 2. The molecular formula is C35H38FN7O2. The molecule has 3 aromatic heterocycles. The third-order valence-electron chi connectivity index (χ3n) is 7.56. The summed E-state index contributed by atoms with van der Waals surface area (Å²) in [5.41, 5.74) is 9.51. The predicted octanol–water partition coefficient (Wildman–Crippen LogP) is 6.70. The molecule has 0 aliphatic carbocycles. The van der Waals surface area contributed by atoms with E-state index in [1.54, 1.807) is 74.3 Å². The molecule has 232 valence electrons. The van der Waals surface area contributed by atoms with Gasteiger partial charge < -0.3 is 15.4 Å². The first-order valence-electron chi connectivity index (χ1n) is 17.3. The van der Waals surface area contributed by atoms with Crippen molar-refractivity contribution >= 4 is 23.1 Å². The van der Waals surface area contributed by atoms with E-state index < -0.39 is 31.2 Å². The van der Waals surface area contributed by atoms with Crippen molar-refractivity contribution in [3.63, 3.8) is 0 Å². The Labute approximate surface area is 269 Å². The molecule has 0 radical (unpaired) electrons. The van der Waals surface area contributed by atoms with Crippen LogP contribution in [0.2, 0.25) is 0 Å². The summed E-state index contributed by atoms with van der Waals surface area (Å²) in [6.07, 6.45) is 1.20. The summed E-state index contributed by atoms with van der Waals surface area (Å²) in [6.45, 7) is 0.881. The molecule has 10 heteroatoms. The quantitative estimate of drug-likeness (QED) is 0.228. The normalized spacial score (nSPS) is 16.8. The second-order valence-corrected chi connectivity index (χ2v) is 12.0. The van der Waals surface area contributed by atoms with Crippen LogP contribution in [0.4, 0.5) is 15.0 Å². The summed E-state index contributed by atoms with van der Waals surface area (Å²) in [5, 5.41) is 0. The minimum absolute atomic E-state index is 0.224. The van der Waals surface area contributed by atoms with Crippen molar-refractivity contribution in [1.29, 1.82) is 0 Å². The Morgan fingerprint density at radius 2 is 1.80 bits per heavy atom. The number of nitrogen functional groups attached to an aromatic ring is 1. The number of piperidine rings is 1. The summed E-state index contributed by atoms with van der Waals surface area (Å²) in [4.78, 5) is 29.3. The fourth-order valence-corrected chi connectivity index (χ4v) is 5.33. The van der Waals surface area contributed by atoms with Gasteiger partial charge in [0.2, 0.25) is 0 Å². The van der Waals surface area contributed by atoms with Crippen LogP contribution >= 0.6 is 0 Å². The number of rotatable bonds is 6. The minimum Gasteiger partial charge on any atom is -0.444 e. The number of amides is 1. The molecule has 6 rings (SSSR count). The number of aromatic nitrogens is 4. The van der Waals surface area contributed by atoms with Crippen molar-refractivity contribution in [2.24, 2.45) is 0 Å². The number of likely N-dealkylation sites (tertiary alicyclic amines) is 1. The van der Waals surface area contributed by atoms with Crippen molar-refractivity contribution in [3.8, 4) is 28.3 Å². The number of fused-ring (bicyclic) bond motifs is 1. The number of halogens is 1. The van der Waals surface area contributed by atoms with Crippen LogP contribution in [0, 0.1) is 5.82 Å². The van der Waals surface area contributed by atoms with E-state index in [0.29, 0.717) is 39.5 Å². The topological polar surface area (TPSA) is 102 Å². The second-order valence-electron chi connectivity index (χ2n) is 12.0. The lowest BCUT2D eigenvalue weighted by Crippen LogP contribution is -2.46. The van der Waals surface area contributed by atoms with Crippen LogP contribution in [0.1, 0.15) is 46.0 Å². The van der Waals surface area contributed by atoms with Gasteiger partial charge in [-0.1, -0.05) is 12.1 Å². The highest BCUT2D eigenvalue weighted by atomic mass is 19.1. The van der Waals surface area contributed by atoms with Crippen molar-refractivity contribution in [2.45, 2.75) is 51.8 Å². The molecule has 0 bridgehead atoms. The third-order valence-corrected chi connectivity index (χ3v) is 7.56. The Morgan fingerprint density at radius 1 is 1.07 bits per heavy atom. The monoisotopic (exact) mass is 612 g/mol. The highest BCUT2D eigenvalue weighted by Crippen LogP contribution is 2.32. The number of nitrogens with two attached hydrogens (primary N) is 1. The van der Waals surface area contributed by atoms with Crippen LogP contribution in [-0.2, 0) is 11.2 Å². The summed E-state index contributed by atoms with van der Waals surface area (Å²) >= 11 is 0. The summed E-state index contributed by atoms with van der Waals surface area (Å²) in [6, 6.07) is 19.6. The van der Waals surface area contributed by atoms with Crippen LogP contribution in [0.25, 0.3) is 39.5 Å². The molecule has 0 spiro atoms. The van der Waals surface area contributed by atoms with Crippen LogP contribution in [0.5, 0.6) is 0 Å². The lowest BCUT2D eigenvalue weighted by atomic mass is 10.0. The van der Waals surface area contributed by atoms with Gasteiger partial charge in [-0.2, -0.15) is 0 Å². The van der Waals surface area contributed by atoms with E-state index in [1.807, 2.05) is 22.8 Å². The van der Waals surface area contributed by atoms with E-state index in [1.165, 1.54) is 12.1 Å². The number of imidazole rings is 1. The fourth-order valence-electron chi connectivity index (χ4n) is 5.33. The van der Waals surface area contributed by atoms with Crippen molar-refractivity contribution in [1.82, 2.24) is 29.3 Å². The van der Waals surface area contributed by atoms with Gasteiger partial charge in [-0.05, 0) is 99.8 Å². The lowest BCUT2D eigenvalue weighted by Gasteiger charge is -2.37. The van der Waals surface area contributed by atoms with E-state index in [4.69, 9.17) is 27.3 Å². The lowest BCUT2D eigenvalue weighted by molar-refractivity contribution is 0.0149. The molecule has 0 saturated carbocycles. The average molecular weight is 613 g/mol. The number of anilines is 1. The molecule has 1 amide bonds. The van der Waals surface area contributed by atoms with Gasteiger partial charge in [0.1, 0.15) is 22.8 Å². The maximum Gasteiger partial charge on any atom is 0.410 e. The molecule has 9 nitrogen and oxygen atoms in total. The van der Waals surface area contributed by atoms with Gasteiger partial charge in [-0.3, -0.25) is 9.47 Å². The van der Waals surface area contributed by atoms with E-state index in [-0.39, 0.29) is 37.6 Å². The number of pyridine rings is 2. The second kappa shape index (κ2) is 12.3. The highest BCUT2D eigenvalue weighted by Gasteiger charge is 2.28. The molecule has 2 N–H and O–H groups in total. The van der Waals surface area contributed by atoms with Gasteiger partial charge in [-0.25, -0.2) is 24.1 Å². The van der Waals surface area contributed by atoms with Gasteiger partial charge in [-0.15, -0.1) is 0 Å². The zero-order chi connectivity index (χ0) is 36.0. The third kappa shape index (κ3) is 6.66. The number of hydrogen-bond acceptors (Lipinski definition) is 7. The summed E-state index contributed by atoms with van der Waals surface area (Å²) < 4.78 is 63.0. The Kier molecular flexibility index (Phi) is 6.68. The summed E-state index contributed by atoms with van der Waals surface area (Å²) in [5.74, 6) is 0.427. The first kappa shape index (κ1) is 24.5. The Bertz CT molecular complexity index is 2000. The van der Waals surface area contributed by atoms with Gasteiger partial charge in [0.15, 0.2) is 11.5 Å². The smallest absolute Gasteiger partial charge is 0.410 e. The summed E-state index contributed by atoms with van der Waals surface area (Å²) in [7, 11) is 0. The highest BCUT2D eigenvalue weighted by molar-refractivity contribution is 5.84. The molecule has 0 atom stereocenters. The molecule has 1 aliphatic heterocycles. The molecule has 0 unspecified atom stereocenters. The van der Waals surface area contributed by atoms with Crippen molar-refractivity contribution in [2.75, 3.05) is 25.8 Å². The standard InChI is InChI=1S/C35H38FN7O2/c1-35(2,3)45-34(44)41(4)26-17-20-42(21-18-26)22-23-7-13-27(14-8-23)43-32(28-6-5-19-38-31(28)37)40-30-16-15-29(39-33(30)43)24-9-11-25(36)12-10-24/h5-16,19,26H,17-18,20-22H2,1-4H3,(H2,37,38)/i4D3,22D2. The van der Waals surface area contributed by atoms with Crippen molar-refractivity contribution in [3.05, 3.63) is 90.4 Å². The van der Waals surface area contributed by atoms with Crippen LogP contribution in [0.3, 0.4) is 0 Å². The van der Waals surface area contributed by atoms with Gasteiger partial charge >= 0.3 is 6.09 Å². The Morgan fingerprint density at radius 3 is 2.47 bits per heavy atom. The van der Waals surface area contributed by atoms with E-state index >= 15 is 0 Å². The number of nitrogens with zero attached hydrogens (tertiary/aromatic N) is 6. The van der Waals surface area contributed by atoms with Gasteiger partial charge in [0, 0.05) is 56.9 Å². The zero-order valence-corrected chi connectivity index (χ0v) is 25.4. The van der Waals surface area contributed by atoms with E-state index in [2.05, 4.69) is 4.98 Å². The number of hydrogen-bond donors (Lipinski definition) is 1. The molecule has 1 aliphatic rings. The maximum absolute atomic E-state index is 13.7. The Hall–Kier alpha value is -4.83. The number of carbonyl (C=O) groups is 1. The van der Waals surface area contributed by atoms with Crippen molar-refractivity contribution < 1.29 is 20.8 Å². The minimum atomic E-state index is -2.70. The van der Waals surface area contributed by atoms with Gasteiger partial charge in [0.25, 0.3) is 0 Å². The molecule has 4 heterocycles. The predicted molar refractivity (Wildman–Crippen MR) is 174 cm³/mol. The number of carbonyl (C=O) groups excluding carboxylic acids is 1. The van der Waals surface area contributed by atoms with Crippen LogP contribution in [0.15, 0.2) is 79.0 Å². The molecular weight excluding hydrogens is 569 g/mol. The molecule has 45 heavy (non-hydrogen) atoms. The van der Waals surface area contributed by atoms with E-state index in [9.17, 15) is 9.18 Å². The molecule has 1 saturated heterocycles. The molecule has 2 aromatic carbocycles. The van der Waals surface area contributed by atoms with Crippen LogP contribution in [-0.4, -0.2) is 67.1 Å². The fraction of sp³-hybridized carbons (Fsp3) is 0.314. The van der Waals surface area contributed by atoms with Gasteiger partial charge in [0.05, 0.1) is 11.3 Å². The average Bonchev–Trinajstić information content (AvgIpc) is 3.43. The first-order valence-corrected chi connectivity index (χ1v) is 14.8. The molecule has 5 aromatic rings. The Balaban J connectivity index is 1.30. The molecule has 1 fully saturated rings. The largest absolute Gasteiger partial charge is 0.444 e. The first-order chi connectivity index (χ1) is 23.5. The maximum atomic E-state index is 13.7. The number of ether oxygens (including phenoxy) is 1.